The lowest BCUT2D eigenvalue weighted by Crippen LogP contribution is -2.33. The molecule has 2 atom stereocenters. The summed E-state index contributed by atoms with van der Waals surface area (Å²) in [5.41, 5.74) is 0.0597. The predicted molar refractivity (Wildman–Crippen MR) is 52.5 cm³/mol. The van der Waals surface area contributed by atoms with Gasteiger partial charge in [-0.15, -0.1) is 11.6 Å². The number of halogens is 2. The summed E-state index contributed by atoms with van der Waals surface area (Å²) < 4.78 is 0. The van der Waals surface area contributed by atoms with E-state index >= 15 is 0 Å². The van der Waals surface area contributed by atoms with E-state index < -0.39 is 5.60 Å². The van der Waals surface area contributed by atoms with Crippen molar-refractivity contribution >= 4 is 23.2 Å². The van der Waals surface area contributed by atoms with Gasteiger partial charge in [0.1, 0.15) is 0 Å². The van der Waals surface area contributed by atoms with Gasteiger partial charge in [0, 0.05) is 16.8 Å². The van der Waals surface area contributed by atoms with Gasteiger partial charge in [-0.25, -0.2) is 0 Å². The van der Waals surface area contributed by atoms with Crippen LogP contribution in [0.2, 0.25) is 0 Å². The van der Waals surface area contributed by atoms with Gasteiger partial charge >= 0.3 is 0 Å². The zero-order valence-electron chi connectivity index (χ0n) is 7.14. The Kier molecular flexibility index (Phi) is 2.87. The Balaban J connectivity index is 2.99. The zero-order valence-corrected chi connectivity index (χ0v) is 8.65. The molecule has 0 fully saturated rings. The lowest BCUT2D eigenvalue weighted by atomic mass is 9.84. The van der Waals surface area contributed by atoms with Crippen LogP contribution in [0.5, 0.6) is 0 Å². The SMILES string of the molecule is CC1C(Cl)=C(CCl)C=CC1(C)O. The molecule has 3 heteroatoms. The van der Waals surface area contributed by atoms with Crippen molar-refractivity contribution in [1.29, 1.82) is 0 Å². The van der Waals surface area contributed by atoms with Crippen LogP contribution in [0, 0.1) is 5.92 Å². The zero-order chi connectivity index (χ0) is 9.35. The molecule has 68 valence electrons. The Bertz CT molecular complexity index is 241. The number of rotatable bonds is 1. The molecule has 0 saturated heterocycles. The van der Waals surface area contributed by atoms with E-state index in [1.165, 1.54) is 0 Å². The van der Waals surface area contributed by atoms with Gasteiger partial charge in [0.2, 0.25) is 0 Å². The molecule has 0 bridgehead atoms. The lowest BCUT2D eigenvalue weighted by molar-refractivity contribution is 0.0706. The molecular formula is C9H12Cl2O. The van der Waals surface area contributed by atoms with Crippen LogP contribution in [0.3, 0.4) is 0 Å². The predicted octanol–water partition coefficient (Wildman–Crippen LogP) is 2.68. The van der Waals surface area contributed by atoms with E-state index in [0.717, 1.165) is 5.57 Å². The highest BCUT2D eigenvalue weighted by molar-refractivity contribution is 6.31. The van der Waals surface area contributed by atoms with Crippen molar-refractivity contribution in [2.45, 2.75) is 19.4 Å². The molecule has 2 unspecified atom stereocenters. The maximum atomic E-state index is 9.78. The number of alkyl halides is 1. The van der Waals surface area contributed by atoms with Crippen LogP contribution in [0.1, 0.15) is 13.8 Å². The van der Waals surface area contributed by atoms with Crippen molar-refractivity contribution in [1.82, 2.24) is 0 Å². The Labute approximate surface area is 82.7 Å². The first-order valence-corrected chi connectivity index (χ1v) is 4.76. The van der Waals surface area contributed by atoms with Gasteiger partial charge in [-0.2, -0.15) is 0 Å². The summed E-state index contributed by atoms with van der Waals surface area (Å²) in [4.78, 5) is 0. The van der Waals surface area contributed by atoms with Crippen molar-refractivity contribution in [3.05, 3.63) is 22.8 Å². The molecule has 0 heterocycles. The molecule has 1 aliphatic rings. The maximum absolute atomic E-state index is 9.78. The molecule has 1 aliphatic carbocycles. The van der Waals surface area contributed by atoms with E-state index in [1.54, 1.807) is 19.1 Å². The van der Waals surface area contributed by atoms with E-state index in [1.807, 2.05) is 6.92 Å². The minimum absolute atomic E-state index is 0.0714. The third kappa shape index (κ3) is 1.68. The summed E-state index contributed by atoms with van der Waals surface area (Å²) in [5, 5.41) is 10.4. The van der Waals surface area contributed by atoms with Gasteiger partial charge in [0.25, 0.3) is 0 Å². The monoisotopic (exact) mass is 206 g/mol. The molecular weight excluding hydrogens is 195 g/mol. The fourth-order valence-corrected chi connectivity index (χ4v) is 1.79. The molecule has 0 saturated carbocycles. The third-order valence-electron chi connectivity index (χ3n) is 2.33. The highest BCUT2D eigenvalue weighted by atomic mass is 35.5. The highest BCUT2D eigenvalue weighted by Crippen LogP contribution is 2.35. The Morgan fingerprint density at radius 1 is 1.67 bits per heavy atom. The van der Waals surface area contributed by atoms with Gasteiger partial charge in [-0.1, -0.05) is 30.7 Å². The average Bonchev–Trinajstić information content (AvgIpc) is 2.01. The maximum Gasteiger partial charge on any atom is 0.0877 e. The van der Waals surface area contributed by atoms with E-state index in [4.69, 9.17) is 23.2 Å². The highest BCUT2D eigenvalue weighted by Gasteiger charge is 2.31. The second-order valence-electron chi connectivity index (χ2n) is 3.29. The lowest BCUT2D eigenvalue weighted by Gasteiger charge is -2.31. The van der Waals surface area contributed by atoms with Crippen LogP contribution in [0.15, 0.2) is 22.8 Å². The normalized spacial score (nSPS) is 35.9. The van der Waals surface area contributed by atoms with Gasteiger partial charge in [-0.3, -0.25) is 0 Å². The van der Waals surface area contributed by atoms with Crippen LogP contribution in [0.4, 0.5) is 0 Å². The molecule has 0 radical (unpaired) electrons. The average molecular weight is 207 g/mol. The van der Waals surface area contributed by atoms with E-state index in [9.17, 15) is 5.11 Å². The number of allylic oxidation sites excluding steroid dienone is 2. The fraction of sp³-hybridized carbons (Fsp3) is 0.556. The Hall–Kier alpha value is 0.0200. The summed E-state index contributed by atoms with van der Waals surface area (Å²) in [7, 11) is 0. The molecule has 0 aliphatic heterocycles. The van der Waals surface area contributed by atoms with Crippen molar-refractivity contribution in [3.63, 3.8) is 0 Å². The molecule has 12 heavy (non-hydrogen) atoms. The number of hydrogen-bond acceptors (Lipinski definition) is 1. The van der Waals surface area contributed by atoms with Crippen molar-refractivity contribution < 1.29 is 5.11 Å². The van der Waals surface area contributed by atoms with Crippen molar-refractivity contribution in [2.24, 2.45) is 5.92 Å². The van der Waals surface area contributed by atoms with Crippen LogP contribution in [-0.4, -0.2) is 16.6 Å². The molecule has 1 nitrogen and oxygen atoms in total. The van der Waals surface area contributed by atoms with E-state index in [-0.39, 0.29) is 5.92 Å². The fourth-order valence-electron chi connectivity index (χ4n) is 1.14. The molecule has 1 rings (SSSR count). The van der Waals surface area contributed by atoms with Gasteiger partial charge < -0.3 is 5.11 Å². The van der Waals surface area contributed by atoms with Gasteiger partial charge in [0.15, 0.2) is 0 Å². The van der Waals surface area contributed by atoms with Crippen LogP contribution < -0.4 is 0 Å². The van der Waals surface area contributed by atoms with Crippen molar-refractivity contribution in [3.8, 4) is 0 Å². The summed E-state index contributed by atoms with van der Waals surface area (Å²) in [6.07, 6.45) is 3.52. The van der Waals surface area contributed by atoms with Gasteiger partial charge in [-0.05, 0) is 12.5 Å². The second kappa shape index (κ2) is 3.41. The van der Waals surface area contributed by atoms with Crippen LogP contribution in [0.25, 0.3) is 0 Å². The van der Waals surface area contributed by atoms with Gasteiger partial charge in [0.05, 0.1) is 5.60 Å². The smallest absolute Gasteiger partial charge is 0.0877 e. The third-order valence-corrected chi connectivity index (χ3v) is 3.19. The molecule has 1 N–H and O–H groups in total. The van der Waals surface area contributed by atoms with Crippen LogP contribution in [-0.2, 0) is 0 Å². The number of aliphatic hydroxyl groups is 1. The summed E-state index contributed by atoms with van der Waals surface area (Å²) in [5.74, 6) is 0.327. The van der Waals surface area contributed by atoms with Crippen molar-refractivity contribution in [2.75, 3.05) is 5.88 Å². The Morgan fingerprint density at radius 3 is 2.75 bits per heavy atom. The number of hydrogen-bond donors (Lipinski definition) is 1. The first-order valence-electron chi connectivity index (χ1n) is 3.85. The topological polar surface area (TPSA) is 20.2 Å². The summed E-state index contributed by atoms with van der Waals surface area (Å²) >= 11 is 11.7. The first kappa shape index (κ1) is 10.1. The first-order chi connectivity index (χ1) is 5.49. The molecule has 0 spiro atoms. The molecule has 0 aromatic heterocycles. The van der Waals surface area contributed by atoms with Crippen LogP contribution >= 0.6 is 23.2 Å². The summed E-state index contributed by atoms with van der Waals surface area (Å²) in [6, 6.07) is 0. The Morgan fingerprint density at radius 2 is 2.25 bits per heavy atom. The minimum atomic E-state index is -0.841. The molecule has 0 aromatic rings. The molecule has 0 aromatic carbocycles. The molecule has 0 amide bonds. The minimum Gasteiger partial charge on any atom is -0.385 e. The largest absolute Gasteiger partial charge is 0.385 e. The second-order valence-corrected chi connectivity index (χ2v) is 3.96. The van der Waals surface area contributed by atoms with E-state index in [0.29, 0.717) is 10.9 Å². The standard InChI is InChI=1S/C9H12Cl2O/c1-6-8(11)7(5-10)3-4-9(6,2)12/h3-4,6,12H,5H2,1-2H3. The quantitative estimate of drug-likeness (QED) is 0.655. The van der Waals surface area contributed by atoms with E-state index in [2.05, 4.69) is 0 Å². The summed E-state index contributed by atoms with van der Waals surface area (Å²) in [6.45, 7) is 3.62.